The minimum Gasteiger partial charge on any atom is -0.508 e. The number of rotatable bonds is 2. The number of hydrogen-bond acceptors (Lipinski definition) is 2. The van der Waals surface area contributed by atoms with Crippen molar-refractivity contribution < 1.29 is 5.11 Å². The molecule has 2 aromatic rings. The normalized spacial score (nSPS) is 10.8. The number of benzene rings is 1. The Bertz CT molecular complexity index is 585. The predicted molar refractivity (Wildman–Crippen MR) is 68.3 cm³/mol. The molecule has 88 valence electrons. The second-order valence-electron chi connectivity index (χ2n) is 4.37. The molecule has 3 heteroatoms. The first-order valence-electron chi connectivity index (χ1n) is 5.60. The zero-order valence-electron chi connectivity index (χ0n) is 9.90. The van der Waals surface area contributed by atoms with Crippen LogP contribution in [-0.2, 0) is 0 Å². The molecule has 1 heterocycles. The third-order valence-corrected chi connectivity index (χ3v) is 2.76. The van der Waals surface area contributed by atoms with Gasteiger partial charge in [-0.2, -0.15) is 0 Å². The molecular formula is C14H15NO2. The van der Waals surface area contributed by atoms with Crippen molar-refractivity contribution in [3.05, 3.63) is 52.4 Å². The number of H-pyrrole nitrogens is 1. The molecule has 3 nitrogen and oxygen atoms in total. The molecule has 0 unspecified atom stereocenters. The van der Waals surface area contributed by atoms with E-state index in [0.29, 0.717) is 0 Å². The topological polar surface area (TPSA) is 53.1 Å². The van der Waals surface area contributed by atoms with Gasteiger partial charge in [-0.3, -0.25) is 4.79 Å². The minimum absolute atomic E-state index is 0.144. The molecule has 0 saturated heterocycles. The number of phenolic OH excluding ortho intramolecular Hbond substituents is 1. The Labute approximate surface area is 99.8 Å². The fraction of sp³-hybridized carbons (Fsp3) is 0.214. The first-order chi connectivity index (χ1) is 8.08. The largest absolute Gasteiger partial charge is 0.508 e. The number of aromatic hydroxyl groups is 1. The van der Waals surface area contributed by atoms with E-state index < -0.39 is 0 Å². The molecule has 1 aromatic heterocycles. The Morgan fingerprint density at radius 2 is 1.82 bits per heavy atom. The molecule has 17 heavy (non-hydrogen) atoms. The SMILES string of the molecule is CC(C)c1ccc(-c2cc[nH]c(=O)c2)cc1O. The van der Waals surface area contributed by atoms with E-state index in [1.54, 1.807) is 12.3 Å². The molecule has 2 rings (SSSR count). The highest BCUT2D eigenvalue weighted by atomic mass is 16.3. The molecule has 0 aliphatic rings. The summed E-state index contributed by atoms with van der Waals surface area (Å²) in [5.41, 5.74) is 2.42. The van der Waals surface area contributed by atoms with Gasteiger partial charge in [-0.25, -0.2) is 0 Å². The molecule has 0 fully saturated rings. The lowest BCUT2D eigenvalue weighted by Gasteiger charge is -2.10. The summed E-state index contributed by atoms with van der Waals surface area (Å²) in [5, 5.41) is 9.91. The van der Waals surface area contributed by atoms with Gasteiger partial charge in [-0.05, 0) is 34.7 Å². The van der Waals surface area contributed by atoms with E-state index in [1.807, 2.05) is 32.0 Å². The van der Waals surface area contributed by atoms with E-state index in [9.17, 15) is 9.90 Å². The van der Waals surface area contributed by atoms with E-state index in [4.69, 9.17) is 0 Å². The van der Waals surface area contributed by atoms with Gasteiger partial charge < -0.3 is 10.1 Å². The van der Waals surface area contributed by atoms with Gasteiger partial charge in [0.25, 0.3) is 0 Å². The Morgan fingerprint density at radius 1 is 1.12 bits per heavy atom. The van der Waals surface area contributed by atoms with E-state index in [-0.39, 0.29) is 17.2 Å². The van der Waals surface area contributed by atoms with Gasteiger partial charge >= 0.3 is 0 Å². The predicted octanol–water partition coefficient (Wildman–Crippen LogP) is 2.87. The first-order valence-corrected chi connectivity index (χ1v) is 5.60. The number of pyridine rings is 1. The highest BCUT2D eigenvalue weighted by molar-refractivity contribution is 5.65. The van der Waals surface area contributed by atoms with Crippen LogP contribution in [0.4, 0.5) is 0 Å². The van der Waals surface area contributed by atoms with Gasteiger partial charge in [-0.15, -0.1) is 0 Å². The van der Waals surface area contributed by atoms with Crippen molar-refractivity contribution in [1.29, 1.82) is 0 Å². The van der Waals surface area contributed by atoms with Crippen LogP contribution in [0, 0.1) is 0 Å². The summed E-state index contributed by atoms with van der Waals surface area (Å²) in [4.78, 5) is 13.8. The number of hydrogen-bond donors (Lipinski definition) is 2. The lowest BCUT2D eigenvalue weighted by molar-refractivity contribution is 0.465. The zero-order chi connectivity index (χ0) is 12.4. The molecule has 0 aliphatic heterocycles. The van der Waals surface area contributed by atoms with Gasteiger partial charge in [-0.1, -0.05) is 26.0 Å². The van der Waals surface area contributed by atoms with Crippen LogP contribution in [0.25, 0.3) is 11.1 Å². The van der Waals surface area contributed by atoms with Crippen molar-refractivity contribution in [1.82, 2.24) is 4.98 Å². The number of phenols is 1. The third-order valence-electron chi connectivity index (χ3n) is 2.76. The summed E-state index contributed by atoms with van der Waals surface area (Å²) in [7, 11) is 0. The van der Waals surface area contributed by atoms with Gasteiger partial charge in [0.1, 0.15) is 5.75 Å². The fourth-order valence-corrected chi connectivity index (χ4v) is 1.84. The molecule has 0 spiro atoms. The van der Waals surface area contributed by atoms with Crippen LogP contribution in [0.2, 0.25) is 0 Å². The van der Waals surface area contributed by atoms with Crippen molar-refractivity contribution in [3.8, 4) is 16.9 Å². The zero-order valence-corrected chi connectivity index (χ0v) is 9.90. The molecule has 1 aromatic carbocycles. The second-order valence-corrected chi connectivity index (χ2v) is 4.37. The summed E-state index contributed by atoms with van der Waals surface area (Å²) < 4.78 is 0. The van der Waals surface area contributed by atoms with Crippen LogP contribution in [0.3, 0.4) is 0 Å². The highest BCUT2D eigenvalue weighted by Gasteiger charge is 2.07. The average molecular weight is 229 g/mol. The first kappa shape index (κ1) is 11.5. The minimum atomic E-state index is -0.144. The maximum Gasteiger partial charge on any atom is 0.248 e. The Hall–Kier alpha value is -2.03. The van der Waals surface area contributed by atoms with Crippen LogP contribution in [0.5, 0.6) is 5.75 Å². The Morgan fingerprint density at radius 3 is 2.41 bits per heavy atom. The summed E-state index contributed by atoms with van der Waals surface area (Å²) in [6, 6.07) is 8.85. The third kappa shape index (κ3) is 2.38. The number of nitrogens with one attached hydrogen (secondary N) is 1. The van der Waals surface area contributed by atoms with Crippen molar-refractivity contribution >= 4 is 0 Å². The number of aromatic nitrogens is 1. The summed E-state index contributed by atoms with van der Waals surface area (Å²) in [6.45, 7) is 4.06. The molecule has 2 N–H and O–H groups in total. The molecular weight excluding hydrogens is 214 g/mol. The fourth-order valence-electron chi connectivity index (χ4n) is 1.84. The van der Waals surface area contributed by atoms with E-state index in [2.05, 4.69) is 4.98 Å². The summed E-state index contributed by atoms with van der Waals surface area (Å²) in [5.74, 6) is 0.556. The van der Waals surface area contributed by atoms with Crippen LogP contribution in [0.1, 0.15) is 25.3 Å². The van der Waals surface area contributed by atoms with Gasteiger partial charge in [0.15, 0.2) is 0 Å². The van der Waals surface area contributed by atoms with E-state index >= 15 is 0 Å². The monoisotopic (exact) mass is 229 g/mol. The molecule has 0 amide bonds. The van der Waals surface area contributed by atoms with Crippen molar-refractivity contribution in [2.45, 2.75) is 19.8 Å². The summed E-state index contributed by atoms with van der Waals surface area (Å²) >= 11 is 0. The lowest BCUT2D eigenvalue weighted by Crippen LogP contribution is -2.02. The number of aromatic amines is 1. The van der Waals surface area contributed by atoms with Crippen molar-refractivity contribution in [2.24, 2.45) is 0 Å². The Balaban J connectivity index is 2.48. The van der Waals surface area contributed by atoms with Gasteiger partial charge in [0.05, 0.1) is 0 Å². The maximum absolute atomic E-state index is 11.2. The van der Waals surface area contributed by atoms with Crippen LogP contribution in [-0.4, -0.2) is 10.1 Å². The molecule has 0 bridgehead atoms. The average Bonchev–Trinajstić information content (AvgIpc) is 2.28. The Kier molecular flexibility index (Phi) is 3.00. The molecule has 0 atom stereocenters. The smallest absolute Gasteiger partial charge is 0.248 e. The highest BCUT2D eigenvalue weighted by Crippen LogP contribution is 2.30. The van der Waals surface area contributed by atoms with Crippen molar-refractivity contribution in [3.63, 3.8) is 0 Å². The van der Waals surface area contributed by atoms with Crippen LogP contribution >= 0.6 is 0 Å². The molecule has 0 radical (unpaired) electrons. The quantitative estimate of drug-likeness (QED) is 0.832. The van der Waals surface area contributed by atoms with Crippen LogP contribution in [0.15, 0.2) is 41.3 Å². The van der Waals surface area contributed by atoms with Gasteiger partial charge in [0, 0.05) is 12.3 Å². The lowest BCUT2D eigenvalue weighted by atomic mass is 9.98. The second kappa shape index (κ2) is 4.45. The maximum atomic E-state index is 11.2. The van der Waals surface area contributed by atoms with Crippen LogP contribution < -0.4 is 5.56 Å². The van der Waals surface area contributed by atoms with E-state index in [1.165, 1.54) is 6.07 Å². The molecule has 0 saturated carbocycles. The summed E-state index contributed by atoms with van der Waals surface area (Å²) in [6.07, 6.45) is 1.60. The molecule has 0 aliphatic carbocycles. The van der Waals surface area contributed by atoms with E-state index in [0.717, 1.165) is 16.7 Å². The van der Waals surface area contributed by atoms with Crippen molar-refractivity contribution in [2.75, 3.05) is 0 Å². The standard InChI is InChI=1S/C14H15NO2/c1-9(2)12-4-3-10(7-13(12)16)11-5-6-15-14(17)8-11/h3-9,16H,1-2H3,(H,15,17). The van der Waals surface area contributed by atoms with Gasteiger partial charge in [0.2, 0.25) is 5.56 Å².